The van der Waals surface area contributed by atoms with E-state index >= 15 is 0 Å². The number of hydrogen-bond acceptors (Lipinski definition) is 4. The molecule has 4 amide bonds. The molecule has 1 aromatic carbocycles. The van der Waals surface area contributed by atoms with E-state index in [1.807, 2.05) is 6.92 Å². The van der Waals surface area contributed by atoms with Crippen molar-refractivity contribution in [3.8, 4) is 0 Å². The predicted molar refractivity (Wildman–Crippen MR) is 81.6 cm³/mol. The molecule has 6 heteroatoms. The summed E-state index contributed by atoms with van der Waals surface area (Å²) in [6.07, 6.45) is 1.94. The Labute approximate surface area is 134 Å². The van der Waals surface area contributed by atoms with E-state index in [9.17, 15) is 19.2 Å². The third kappa shape index (κ3) is 2.44. The minimum atomic E-state index is -0.878. The Bertz CT molecular complexity index is 663. The van der Waals surface area contributed by atoms with Gasteiger partial charge in [-0.3, -0.25) is 29.0 Å². The van der Waals surface area contributed by atoms with Crippen molar-refractivity contribution in [2.75, 3.05) is 6.54 Å². The van der Waals surface area contributed by atoms with Crippen molar-refractivity contribution in [3.05, 3.63) is 35.4 Å². The SMILES string of the molecule is CCCCN1C(=O)CCC(N2C(=O)c3ccccc3C2=O)C1=O. The van der Waals surface area contributed by atoms with Crippen LogP contribution in [0.25, 0.3) is 0 Å². The highest BCUT2D eigenvalue weighted by Crippen LogP contribution is 2.29. The molecule has 120 valence electrons. The fourth-order valence-corrected chi connectivity index (χ4v) is 3.10. The number of unbranched alkanes of at least 4 members (excludes halogenated alkanes) is 1. The van der Waals surface area contributed by atoms with Gasteiger partial charge >= 0.3 is 0 Å². The molecule has 0 aliphatic carbocycles. The summed E-state index contributed by atoms with van der Waals surface area (Å²) in [5, 5.41) is 0. The van der Waals surface area contributed by atoms with Crippen LogP contribution in [0, 0.1) is 0 Å². The van der Waals surface area contributed by atoms with E-state index in [2.05, 4.69) is 0 Å². The summed E-state index contributed by atoms with van der Waals surface area (Å²) >= 11 is 0. The van der Waals surface area contributed by atoms with Gasteiger partial charge in [-0.1, -0.05) is 25.5 Å². The lowest BCUT2D eigenvalue weighted by atomic mass is 10.0. The van der Waals surface area contributed by atoms with Gasteiger partial charge < -0.3 is 0 Å². The van der Waals surface area contributed by atoms with Gasteiger partial charge in [0.05, 0.1) is 11.1 Å². The van der Waals surface area contributed by atoms with Crippen molar-refractivity contribution in [1.29, 1.82) is 0 Å². The van der Waals surface area contributed by atoms with E-state index in [0.29, 0.717) is 24.1 Å². The molecule has 0 radical (unpaired) electrons. The van der Waals surface area contributed by atoms with Gasteiger partial charge in [0.15, 0.2) is 0 Å². The fraction of sp³-hybridized carbons (Fsp3) is 0.412. The monoisotopic (exact) mass is 314 g/mol. The maximum Gasteiger partial charge on any atom is 0.262 e. The van der Waals surface area contributed by atoms with E-state index in [4.69, 9.17) is 0 Å². The predicted octanol–water partition coefficient (Wildman–Crippen LogP) is 1.60. The van der Waals surface area contributed by atoms with Crippen LogP contribution in [0.1, 0.15) is 53.3 Å². The summed E-state index contributed by atoms with van der Waals surface area (Å²) in [4.78, 5) is 51.8. The first-order valence-electron chi connectivity index (χ1n) is 7.87. The number of nitrogens with zero attached hydrogens (tertiary/aromatic N) is 2. The van der Waals surface area contributed by atoms with Crippen molar-refractivity contribution >= 4 is 23.6 Å². The average Bonchev–Trinajstić information content (AvgIpc) is 2.80. The first-order chi connectivity index (χ1) is 11.1. The highest BCUT2D eigenvalue weighted by atomic mass is 16.2. The smallest absolute Gasteiger partial charge is 0.262 e. The Morgan fingerprint density at radius 1 is 1.04 bits per heavy atom. The number of hydrogen-bond donors (Lipinski definition) is 0. The number of piperidine rings is 1. The molecule has 0 N–H and O–H groups in total. The van der Waals surface area contributed by atoms with Crippen LogP contribution in [0.4, 0.5) is 0 Å². The minimum Gasteiger partial charge on any atom is -0.281 e. The van der Waals surface area contributed by atoms with Crippen molar-refractivity contribution in [2.24, 2.45) is 0 Å². The summed E-state index contributed by atoms with van der Waals surface area (Å²) in [6, 6.07) is 5.67. The number of rotatable bonds is 4. The Morgan fingerprint density at radius 3 is 2.22 bits per heavy atom. The maximum atomic E-state index is 12.6. The number of carbonyl (C=O) groups is 4. The van der Waals surface area contributed by atoms with E-state index in [1.54, 1.807) is 24.3 Å². The molecule has 1 fully saturated rings. The molecule has 0 saturated carbocycles. The lowest BCUT2D eigenvalue weighted by Crippen LogP contribution is -2.56. The second-order valence-corrected chi connectivity index (χ2v) is 5.82. The van der Waals surface area contributed by atoms with Crippen molar-refractivity contribution in [1.82, 2.24) is 9.80 Å². The number of imide groups is 2. The molecule has 1 aromatic rings. The van der Waals surface area contributed by atoms with Gasteiger partial charge in [-0.2, -0.15) is 0 Å². The number of benzene rings is 1. The fourth-order valence-electron chi connectivity index (χ4n) is 3.10. The van der Waals surface area contributed by atoms with Gasteiger partial charge in [-0.25, -0.2) is 0 Å². The highest BCUT2D eigenvalue weighted by molar-refractivity contribution is 6.23. The summed E-state index contributed by atoms with van der Waals surface area (Å²) in [5.74, 6) is -1.57. The zero-order valence-corrected chi connectivity index (χ0v) is 12.9. The highest BCUT2D eigenvalue weighted by Gasteiger charge is 2.46. The molecular formula is C17H18N2O4. The molecule has 0 bridgehead atoms. The first kappa shape index (κ1) is 15.4. The van der Waals surface area contributed by atoms with Crippen LogP contribution in [0.15, 0.2) is 24.3 Å². The lowest BCUT2D eigenvalue weighted by Gasteiger charge is -2.34. The van der Waals surface area contributed by atoms with Crippen LogP contribution in [0.3, 0.4) is 0 Å². The normalized spacial score (nSPS) is 21.2. The first-order valence-corrected chi connectivity index (χ1v) is 7.87. The molecule has 1 atom stereocenters. The Hall–Kier alpha value is -2.50. The van der Waals surface area contributed by atoms with Crippen molar-refractivity contribution in [3.63, 3.8) is 0 Å². The van der Waals surface area contributed by atoms with E-state index in [1.165, 1.54) is 4.90 Å². The molecule has 1 saturated heterocycles. The zero-order valence-electron chi connectivity index (χ0n) is 12.9. The molecule has 1 unspecified atom stereocenters. The molecular weight excluding hydrogens is 296 g/mol. The molecule has 2 aliphatic heterocycles. The van der Waals surface area contributed by atoms with Crippen LogP contribution in [-0.2, 0) is 9.59 Å². The van der Waals surface area contributed by atoms with Crippen LogP contribution in [0.2, 0.25) is 0 Å². The maximum absolute atomic E-state index is 12.6. The van der Waals surface area contributed by atoms with Gasteiger partial charge in [0.25, 0.3) is 17.7 Å². The summed E-state index contributed by atoms with van der Waals surface area (Å²) in [5.41, 5.74) is 0.643. The minimum absolute atomic E-state index is 0.174. The Kier molecular flexibility index (Phi) is 3.98. The van der Waals surface area contributed by atoms with E-state index in [-0.39, 0.29) is 18.7 Å². The van der Waals surface area contributed by atoms with E-state index < -0.39 is 23.8 Å². The quantitative estimate of drug-likeness (QED) is 0.791. The second kappa shape index (κ2) is 5.95. The van der Waals surface area contributed by atoms with E-state index in [0.717, 1.165) is 11.3 Å². The van der Waals surface area contributed by atoms with Gasteiger partial charge in [0.2, 0.25) is 5.91 Å². The molecule has 0 aromatic heterocycles. The van der Waals surface area contributed by atoms with Gasteiger partial charge in [0.1, 0.15) is 6.04 Å². The third-order valence-electron chi connectivity index (χ3n) is 4.36. The Balaban J connectivity index is 1.88. The number of fused-ring (bicyclic) bond motifs is 1. The number of carbonyl (C=O) groups excluding carboxylic acids is 4. The topological polar surface area (TPSA) is 74.8 Å². The van der Waals surface area contributed by atoms with Crippen LogP contribution >= 0.6 is 0 Å². The summed E-state index contributed by atoms with van der Waals surface area (Å²) < 4.78 is 0. The van der Waals surface area contributed by atoms with Gasteiger partial charge in [-0.05, 0) is 25.0 Å². The lowest BCUT2D eigenvalue weighted by molar-refractivity contribution is -0.151. The summed E-state index contributed by atoms with van der Waals surface area (Å²) in [7, 11) is 0. The second-order valence-electron chi connectivity index (χ2n) is 5.82. The van der Waals surface area contributed by atoms with Crippen LogP contribution < -0.4 is 0 Å². The molecule has 2 heterocycles. The molecule has 0 spiro atoms. The summed E-state index contributed by atoms with van der Waals surface area (Å²) in [6.45, 7) is 2.31. The average molecular weight is 314 g/mol. The number of likely N-dealkylation sites (tertiary alicyclic amines) is 1. The third-order valence-corrected chi connectivity index (χ3v) is 4.36. The van der Waals surface area contributed by atoms with Crippen LogP contribution in [0.5, 0.6) is 0 Å². The number of amides is 4. The van der Waals surface area contributed by atoms with Gasteiger partial charge in [0, 0.05) is 13.0 Å². The zero-order chi connectivity index (χ0) is 16.6. The molecule has 6 nitrogen and oxygen atoms in total. The largest absolute Gasteiger partial charge is 0.281 e. The van der Waals surface area contributed by atoms with Gasteiger partial charge in [-0.15, -0.1) is 0 Å². The van der Waals surface area contributed by atoms with Crippen molar-refractivity contribution < 1.29 is 19.2 Å². The van der Waals surface area contributed by atoms with Crippen LogP contribution in [-0.4, -0.2) is 46.0 Å². The Morgan fingerprint density at radius 2 is 1.65 bits per heavy atom. The molecule has 2 aliphatic rings. The standard InChI is InChI=1S/C17H18N2O4/c1-2-3-10-18-14(20)9-8-13(17(18)23)19-15(21)11-6-4-5-7-12(11)16(19)22/h4-7,13H,2-3,8-10H2,1H3. The molecule has 3 rings (SSSR count). The molecule has 23 heavy (non-hydrogen) atoms. The van der Waals surface area contributed by atoms with Crippen molar-refractivity contribution in [2.45, 2.75) is 38.6 Å².